The summed E-state index contributed by atoms with van der Waals surface area (Å²) < 4.78 is 0. The van der Waals surface area contributed by atoms with Crippen molar-refractivity contribution in [3.05, 3.63) is 17.0 Å². The Kier molecular flexibility index (Phi) is 5.18. The van der Waals surface area contributed by atoms with E-state index in [-0.39, 0.29) is 18.3 Å². The van der Waals surface area contributed by atoms with E-state index < -0.39 is 0 Å². The minimum Gasteiger partial charge on any atom is -0.336 e. The van der Waals surface area contributed by atoms with Gasteiger partial charge in [0.1, 0.15) is 0 Å². The fraction of sp³-hybridized carbons (Fsp3) is 0.765. The molecule has 1 aromatic heterocycles. The summed E-state index contributed by atoms with van der Waals surface area (Å²) in [5.74, 6) is 0.113. The molecular weight excluding hydrogens is 326 g/mol. The van der Waals surface area contributed by atoms with Crippen LogP contribution in [0.25, 0.3) is 0 Å². The molecule has 4 heterocycles. The van der Waals surface area contributed by atoms with Crippen LogP contribution in [0.1, 0.15) is 54.9 Å². The van der Waals surface area contributed by atoms with Gasteiger partial charge in [-0.25, -0.2) is 0 Å². The van der Waals surface area contributed by atoms with E-state index in [1.54, 1.807) is 0 Å². The highest BCUT2D eigenvalue weighted by Gasteiger charge is 2.40. The summed E-state index contributed by atoms with van der Waals surface area (Å²) in [7, 11) is 0. The Labute approximate surface area is 149 Å². The molecule has 7 heteroatoms. The zero-order valence-corrected chi connectivity index (χ0v) is 15.4. The Bertz CT molecular complexity index is 602. The molecule has 0 aromatic carbocycles. The number of halogens is 1. The van der Waals surface area contributed by atoms with Crippen molar-refractivity contribution < 1.29 is 4.79 Å². The average Bonchev–Trinajstić information content (AvgIpc) is 3.07. The monoisotopic (exact) mass is 353 g/mol. The first-order valence-electron chi connectivity index (χ1n) is 8.98. The molecule has 2 atom stereocenters. The maximum absolute atomic E-state index is 13.0. The zero-order chi connectivity index (χ0) is 16.0. The van der Waals surface area contributed by atoms with E-state index in [4.69, 9.17) is 0 Å². The summed E-state index contributed by atoms with van der Waals surface area (Å²) >= 11 is 0. The molecule has 1 aromatic rings. The van der Waals surface area contributed by atoms with Gasteiger partial charge in [0.25, 0.3) is 5.91 Å². The van der Waals surface area contributed by atoms with Crippen LogP contribution >= 0.6 is 12.4 Å². The quantitative estimate of drug-likeness (QED) is 0.847. The molecule has 0 spiro atoms. The Hall–Kier alpha value is -1.11. The summed E-state index contributed by atoms with van der Waals surface area (Å²) in [4.78, 5) is 17.7. The second kappa shape index (κ2) is 7.02. The van der Waals surface area contributed by atoms with Gasteiger partial charge in [0.2, 0.25) is 0 Å². The fourth-order valence-corrected chi connectivity index (χ4v) is 4.69. The van der Waals surface area contributed by atoms with Gasteiger partial charge in [-0.2, -0.15) is 5.10 Å². The smallest absolute Gasteiger partial charge is 0.274 e. The van der Waals surface area contributed by atoms with E-state index in [1.807, 2.05) is 4.90 Å². The van der Waals surface area contributed by atoms with Gasteiger partial charge < -0.3 is 10.2 Å². The molecule has 1 amide bonds. The van der Waals surface area contributed by atoms with Gasteiger partial charge in [0.05, 0.1) is 0 Å². The lowest BCUT2D eigenvalue weighted by atomic mass is 10.0. The highest BCUT2D eigenvalue weighted by atomic mass is 35.5. The largest absolute Gasteiger partial charge is 0.336 e. The number of nitrogens with one attached hydrogen (secondary N) is 2. The standard InChI is InChI=1S/C17H27N5O.ClH/c1-11(2)22-12-3-4-13(22)10-21(8-6-12)17(23)16-14-9-18-7-5-15(14)19-20-16;/h11-13,18H,3-10H2,1-2H3,(H,19,20);1H. The minimum atomic E-state index is 0. The number of hydrogen-bond acceptors (Lipinski definition) is 4. The molecule has 6 nitrogen and oxygen atoms in total. The number of aromatic amines is 1. The first kappa shape index (κ1) is 17.7. The molecule has 2 fully saturated rings. The zero-order valence-electron chi connectivity index (χ0n) is 14.5. The highest BCUT2D eigenvalue weighted by molar-refractivity contribution is 5.94. The number of nitrogens with zero attached hydrogens (tertiary/aromatic N) is 3. The molecule has 4 rings (SSSR count). The predicted octanol–water partition coefficient (Wildman–Crippen LogP) is 1.56. The molecule has 2 saturated heterocycles. The van der Waals surface area contributed by atoms with Gasteiger partial charge in [0.15, 0.2) is 5.69 Å². The van der Waals surface area contributed by atoms with Crippen molar-refractivity contribution in [2.75, 3.05) is 19.6 Å². The summed E-state index contributed by atoms with van der Waals surface area (Å²) in [6.45, 7) is 7.97. The number of likely N-dealkylation sites (tertiary alicyclic amines) is 1. The van der Waals surface area contributed by atoms with Gasteiger partial charge in [0, 0.05) is 62.0 Å². The van der Waals surface area contributed by atoms with Crippen LogP contribution in [-0.2, 0) is 13.0 Å². The number of carbonyl (C=O) groups excluding carboxylic acids is 1. The van der Waals surface area contributed by atoms with Crippen molar-refractivity contribution in [2.24, 2.45) is 0 Å². The molecule has 0 aliphatic carbocycles. The minimum absolute atomic E-state index is 0. The molecular formula is C17H28ClN5O. The maximum Gasteiger partial charge on any atom is 0.274 e. The molecule has 134 valence electrons. The van der Waals surface area contributed by atoms with Gasteiger partial charge >= 0.3 is 0 Å². The molecule has 3 aliphatic rings. The number of rotatable bonds is 2. The fourth-order valence-electron chi connectivity index (χ4n) is 4.69. The van der Waals surface area contributed by atoms with E-state index in [9.17, 15) is 4.79 Å². The topological polar surface area (TPSA) is 64.3 Å². The third kappa shape index (κ3) is 2.95. The van der Waals surface area contributed by atoms with E-state index in [0.717, 1.165) is 50.3 Å². The number of carbonyl (C=O) groups is 1. The van der Waals surface area contributed by atoms with Crippen LogP contribution in [0.3, 0.4) is 0 Å². The third-order valence-electron chi connectivity index (χ3n) is 5.73. The Morgan fingerprint density at radius 3 is 2.83 bits per heavy atom. The lowest BCUT2D eigenvalue weighted by Gasteiger charge is -2.32. The first-order valence-corrected chi connectivity index (χ1v) is 8.98. The van der Waals surface area contributed by atoms with Crippen molar-refractivity contribution in [3.63, 3.8) is 0 Å². The number of amides is 1. The molecule has 2 unspecified atom stereocenters. The lowest BCUT2D eigenvalue weighted by Crippen LogP contribution is -2.44. The summed E-state index contributed by atoms with van der Waals surface area (Å²) in [5.41, 5.74) is 2.85. The van der Waals surface area contributed by atoms with Crippen molar-refractivity contribution in [3.8, 4) is 0 Å². The number of hydrogen-bond donors (Lipinski definition) is 2. The summed E-state index contributed by atoms with van der Waals surface area (Å²) in [6.07, 6.45) is 4.52. The molecule has 3 aliphatic heterocycles. The van der Waals surface area contributed by atoms with Crippen LogP contribution in [0.5, 0.6) is 0 Å². The van der Waals surface area contributed by atoms with Crippen molar-refractivity contribution in [2.45, 2.75) is 64.2 Å². The van der Waals surface area contributed by atoms with Crippen LogP contribution in [0.4, 0.5) is 0 Å². The van der Waals surface area contributed by atoms with Crippen molar-refractivity contribution >= 4 is 18.3 Å². The van der Waals surface area contributed by atoms with Crippen molar-refractivity contribution in [1.29, 1.82) is 0 Å². The van der Waals surface area contributed by atoms with Crippen LogP contribution in [-0.4, -0.2) is 63.7 Å². The van der Waals surface area contributed by atoms with Gasteiger partial charge in [-0.1, -0.05) is 0 Å². The normalized spacial score (nSPS) is 26.9. The number of fused-ring (bicyclic) bond motifs is 3. The second-order valence-electron chi connectivity index (χ2n) is 7.42. The summed E-state index contributed by atoms with van der Waals surface area (Å²) in [6, 6.07) is 1.72. The second-order valence-corrected chi connectivity index (χ2v) is 7.42. The Morgan fingerprint density at radius 1 is 1.25 bits per heavy atom. The van der Waals surface area contributed by atoms with Crippen LogP contribution < -0.4 is 5.32 Å². The van der Waals surface area contributed by atoms with Gasteiger partial charge in [-0.05, 0) is 33.1 Å². The van der Waals surface area contributed by atoms with E-state index in [0.29, 0.717) is 23.8 Å². The average molecular weight is 354 g/mol. The predicted molar refractivity (Wildman–Crippen MR) is 95.6 cm³/mol. The van der Waals surface area contributed by atoms with Gasteiger partial charge in [-0.15, -0.1) is 12.4 Å². The first-order chi connectivity index (χ1) is 11.1. The summed E-state index contributed by atoms with van der Waals surface area (Å²) in [5, 5.41) is 10.8. The Morgan fingerprint density at radius 2 is 2.04 bits per heavy atom. The Balaban J connectivity index is 0.00000169. The molecule has 0 saturated carbocycles. The SMILES string of the molecule is CC(C)N1C2CCC1CN(C(=O)c1n[nH]c3c1CNCC3)CC2.Cl. The molecule has 0 radical (unpaired) electrons. The van der Waals surface area contributed by atoms with Crippen LogP contribution in [0.2, 0.25) is 0 Å². The maximum atomic E-state index is 13.0. The molecule has 2 N–H and O–H groups in total. The number of H-pyrrole nitrogens is 1. The molecule has 2 bridgehead atoms. The van der Waals surface area contributed by atoms with Crippen molar-refractivity contribution in [1.82, 2.24) is 25.3 Å². The van der Waals surface area contributed by atoms with E-state index >= 15 is 0 Å². The van der Waals surface area contributed by atoms with E-state index in [1.165, 1.54) is 12.8 Å². The highest BCUT2D eigenvalue weighted by Crippen LogP contribution is 2.32. The van der Waals surface area contributed by atoms with Crippen LogP contribution in [0.15, 0.2) is 0 Å². The lowest BCUT2D eigenvalue weighted by molar-refractivity contribution is 0.0721. The number of aromatic nitrogens is 2. The molecule has 24 heavy (non-hydrogen) atoms. The van der Waals surface area contributed by atoms with Gasteiger partial charge in [-0.3, -0.25) is 14.8 Å². The third-order valence-corrected chi connectivity index (χ3v) is 5.73. The van der Waals surface area contributed by atoms with E-state index in [2.05, 4.69) is 34.3 Å². The van der Waals surface area contributed by atoms with Crippen LogP contribution in [0, 0.1) is 0 Å².